The van der Waals surface area contributed by atoms with Crippen LogP contribution in [0.3, 0.4) is 0 Å². The van der Waals surface area contributed by atoms with Crippen LogP contribution in [-0.2, 0) is 4.79 Å². The third kappa shape index (κ3) is 4.12. The summed E-state index contributed by atoms with van der Waals surface area (Å²) < 4.78 is 6.26. The van der Waals surface area contributed by atoms with Crippen LogP contribution in [0.15, 0.2) is 36.7 Å². The fourth-order valence-corrected chi connectivity index (χ4v) is 5.35. The number of urea groups is 1. The molecule has 5 rings (SSSR count). The monoisotopic (exact) mass is 451 g/mol. The molecule has 3 aromatic rings. The minimum absolute atomic E-state index is 0.132. The molecule has 2 aromatic heterocycles. The smallest absolute Gasteiger partial charge is 0.323 e. The molecule has 0 aliphatic carbocycles. The molecule has 0 bridgehead atoms. The van der Waals surface area contributed by atoms with Gasteiger partial charge >= 0.3 is 6.03 Å². The Balaban J connectivity index is 1.24. The molecular weight excluding hydrogens is 426 g/mol. The predicted octanol–water partition coefficient (Wildman–Crippen LogP) is 3.99. The summed E-state index contributed by atoms with van der Waals surface area (Å²) in [5.74, 6) is 0.962. The van der Waals surface area contributed by atoms with Gasteiger partial charge in [0.1, 0.15) is 5.75 Å². The number of piperidine rings is 1. The van der Waals surface area contributed by atoms with E-state index >= 15 is 0 Å². The van der Waals surface area contributed by atoms with E-state index in [9.17, 15) is 9.59 Å². The number of fused-ring (bicyclic) bond motifs is 1. The molecule has 0 saturated carbocycles. The van der Waals surface area contributed by atoms with Crippen LogP contribution >= 0.6 is 11.3 Å². The van der Waals surface area contributed by atoms with Gasteiger partial charge in [0, 0.05) is 43.9 Å². The van der Waals surface area contributed by atoms with E-state index in [1.165, 1.54) is 11.3 Å². The van der Waals surface area contributed by atoms with Gasteiger partial charge in [-0.3, -0.25) is 15.1 Å². The van der Waals surface area contributed by atoms with Crippen molar-refractivity contribution in [3.05, 3.63) is 36.7 Å². The minimum atomic E-state index is -0.132. The second-order valence-corrected chi connectivity index (χ2v) is 9.18. The van der Waals surface area contributed by atoms with Crippen molar-refractivity contribution in [2.24, 2.45) is 0 Å². The maximum Gasteiger partial charge on any atom is 0.323 e. The minimum Gasteiger partial charge on any atom is -0.495 e. The average Bonchev–Trinajstić information content (AvgIpc) is 3.44. The first-order valence-electron chi connectivity index (χ1n) is 10.9. The molecule has 166 valence electrons. The number of carbonyl (C=O) groups excluding carboxylic acids is 2. The van der Waals surface area contributed by atoms with Gasteiger partial charge in [-0.25, -0.2) is 9.78 Å². The van der Waals surface area contributed by atoms with Crippen molar-refractivity contribution in [2.45, 2.75) is 31.7 Å². The second-order valence-electron chi connectivity index (χ2n) is 8.15. The summed E-state index contributed by atoms with van der Waals surface area (Å²) in [6.07, 6.45) is 6.75. The Kier molecular flexibility index (Phi) is 5.65. The Hall–Kier alpha value is -3.20. The molecule has 8 nitrogen and oxygen atoms in total. The fourth-order valence-electron chi connectivity index (χ4n) is 4.45. The zero-order valence-electron chi connectivity index (χ0n) is 17.9. The van der Waals surface area contributed by atoms with Crippen LogP contribution in [0.1, 0.15) is 25.7 Å². The molecule has 2 aliphatic heterocycles. The summed E-state index contributed by atoms with van der Waals surface area (Å²) in [6, 6.07) is 8.08. The first-order valence-corrected chi connectivity index (χ1v) is 11.7. The van der Waals surface area contributed by atoms with E-state index in [2.05, 4.69) is 21.4 Å². The summed E-state index contributed by atoms with van der Waals surface area (Å²) in [5.41, 5.74) is 2.82. The largest absolute Gasteiger partial charge is 0.495 e. The third-order valence-corrected chi connectivity index (χ3v) is 7.12. The van der Waals surface area contributed by atoms with Crippen LogP contribution in [0, 0.1) is 0 Å². The number of pyridine rings is 1. The van der Waals surface area contributed by atoms with Crippen LogP contribution in [-0.4, -0.2) is 64.5 Å². The second kappa shape index (κ2) is 8.74. The molecule has 3 amide bonds. The van der Waals surface area contributed by atoms with Crippen molar-refractivity contribution in [1.82, 2.24) is 19.8 Å². The van der Waals surface area contributed by atoms with Gasteiger partial charge < -0.3 is 14.5 Å². The fraction of sp³-hybridized carbons (Fsp3) is 0.391. The van der Waals surface area contributed by atoms with Crippen LogP contribution in [0.25, 0.3) is 21.3 Å². The average molecular weight is 452 g/mol. The van der Waals surface area contributed by atoms with Gasteiger partial charge in [-0.2, -0.15) is 0 Å². The lowest BCUT2D eigenvalue weighted by molar-refractivity contribution is -0.130. The highest BCUT2D eigenvalue weighted by Crippen LogP contribution is 2.31. The molecule has 9 heteroatoms. The standard InChI is InChI=1S/C23H25N5O3S/c1-31-18-11-16(13-24-14-18)15-4-5-19-20(12-15)32-22(25-19)26-23(30)27-9-6-17(7-10-27)28-8-2-3-21(28)29/h4-5,11-14,17H,2-3,6-10H2,1H3,(H,25,26,30). The number of benzene rings is 1. The van der Waals surface area contributed by atoms with E-state index in [4.69, 9.17) is 4.74 Å². The zero-order valence-corrected chi connectivity index (χ0v) is 18.7. The van der Waals surface area contributed by atoms with Gasteiger partial charge in [-0.1, -0.05) is 17.4 Å². The summed E-state index contributed by atoms with van der Waals surface area (Å²) in [4.78, 5) is 37.4. The molecule has 0 spiro atoms. The highest BCUT2D eigenvalue weighted by molar-refractivity contribution is 7.22. The number of carbonyl (C=O) groups is 2. The number of likely N-dealkylation sites (tertiary alicyclic amines) is 2. The first kappa shape index (κ1) is 20.7. The first-order chi connectivity index (χ1) is 15.6. The lowest BCUT2D eigenvalue weighted by Crippen LogP contribution is -2.48. The lowest BCUT2D eigenvalue weighted by Gasteiger charge is -2.36. The van der Waals surface area contributed by atoms with Crippen molar-refractivity contribution in [1.29, 1.82) is 0 Å². The zero-order chi connectivity index (χ0) is 22.1. The molecule has 0 radical (unpaired) electrons. The maximum absolute atomic E-state index is 12.8. The Morgan fingerprint density at radius 1 is 1.16 bits per heavy atom. The molecule has 4 heterocycles. The van der Waals surface area contributed by atoms with Crippen LogP contribution in [0.2, 0.25) is 0 Å². The molecule has 1 aromatic carbocycles. The van der Waals surface area contributed by atoms with Crippen molar-refractivity contribution in [2.75, 3.05) is 32.1 Å². The number of ether oxygens (including phenoxy) is 1. The molecular formula is C23H25N5O3S. The van der Waals surface area contributed by atoms with E-state index in [1.54, 1.807) is 19.5 Å². The highest BCUT2D eigenvalue weighted by Gasteiger charge is 2.32. The van der Waals surface area contributed by atoms with E-state index in [1.807, 2.05) is 28.0 Å². The Bertz CT molecular complexity index is 1160. The number of anilines is 1. The number of thiazole rings is 1. The number of nitrogens with one attached hydrogen (secondary N) is 1. The Labute approximate surface area is 190 Å². The van der Waals surface area contributed by atoms with Crippen molar-refractivity contribution >= 4 is 38.6 Å². The summed E-state index contributed by atoms with van der Waals surface area (Å²) in [7, 11) is 1.62. The Morgan fingerprint density at radius 3 is 2.75 bits per heavy atom. The van der Waals surface area contributed by atoms with Gasteiger partial charge in [0.2, 0.25) is 5.91 Å². The maximum atomic E-state index is 12.8. The van der Waals surface area contributed by atoms with E-state index in [0.717, 1.165) is 47.2 Å². The van der Waals surface area contributed by atoms with Crippen molar-refractivity contribution in [3.63, 3.8) is 0 Å². The number of aromatic nitrogens is 2. The normalized spacial score (nSPS) is 17.2. The number of methoxy groups -OCH3 is 1. The van der Waals surface area contributed by atoms with Crippen LogP contribution in [0.4, 0.5) is 9.93 Å². The SMILES string of the molecule is COc1cncc(-c2ccc3nc(NC(=O)N4CCC(N5CCCC5=O)CC4)sc3c2)c1. The quantitative estimate of drug-likeness (QED) is 0.648. The van der Waals surface area contributed by atoms with Crippen molar-refractivity contribution < 1.29 is 14.3 Å². The highest BCUT2D eigenvalue weighted by atomic mass is 32.1. The summed E-state index contributed by atoms with van der Waals surface area (Å²) in [5, 5.41) is 3.54. The van der Waals surface area contributed by atoms with Gasteiger partial charge in [0.25, 0.3) is 0 Å². The predicted molar refractivity (Wildman–Crippen MR) is 124 cm³/mol. The van der Waals surface area contributed by atoms with Gasteiger partial charge in [0.05, 0.1) is 23.5 Å². The van der Waals surface area contributed by atoms with Gasteiger partial charge in [0.15, 0.2) is 5.13 Å². The molecule has 0 atom stereocenters. The molecule has 2 fully saturated rings. The van der Waals surface area contributed by atoms with Gasteiger partial charge in [-0.05, 0) is 43.0 Å². The lowest BCUT2D eigenvalue weighted by atomic mass is 10.0. The number of amides is 3. The third-order valence-electron chi connectivity index (χ3n) is 6.19. The van der Waals surface area contributed by atoms with Crippen LogP contribution < -0.4 is 10.1 Å². The topological polar surface area (TPSA) is 87.7 Å². The van der Waals surface area contributed by atoms with E-state index in [0.29, 0.717) is 30.4 Å². The van der Waals surface area contributed by atoms with E-state index < -0.39 is 0 Å². The number of hydrogen-bond donors (Lipinski definition) is 1. The number of rotatable bonds is 4. The van der Waals surface area contributed by atoms with Crippen molar-refractivity contribution in [3.8, 4) is 16.9 Å². The van der Waals surface area contributed by atoms with Gasteiger partial charge in [-0.15, -0.1) is 0 Å². The molecule has 0 unspecified atom stereocenters. The number of hydrogen-bond acceptors (Lipinski definition) is 6. The Morgan fingerprint density at radius 2 is 2.00 bits per heavy atom. The van der Waals surface area contributed by atoms with E-state index in [-0.39, 0.29) is 18.0 Å². The molecule has 32 heavy (non-hydrogen) atoms. The molecule has 2 aliphatic rings. The van der Waals surface area contributed by atoms with Crippen LogP contribution in [0.5, 0.6) is 5.75 Å². The summed E-state index contributed by atoms with van der Waals surface area (Å²) >= 11 is 1.46. The molecule has 1 N–H and O–H groups in total. The number of nitrogens with zero attached hydrogens (tertiary/aromatic N) is 4. The summed E-state index contributed by atoms with van der Waals surface area (Å²) in [6.45, 7) is 2.16. The molecule has 2 saturated heterocycles.